The molecular formula is C15H17N3O2. The molecule has 2 aromatic rings. The molecule has 0 saturated carbocycles. The summed E-state index contributed by atoms with van der Waals surface area (Å²) in [7, 11) is 0. The molecule has 0 unspecified atom stereocenters. The standard InChI is InChI=1S/C15H17N3O2/c1-10-3-2-4-14(17-10)18-15(20)13(16)9-11-5-7-12(19)8-6-11/h2-8,13,19H,9,16H2,1H3,(H,17,18,20)/t13-/m0/s1. The molecule has 0 radical (unpaired) electrons. The van der Waals surface area contributed by atoms with Gasteiger partial charge in [0.05, 0.1) is 6.04 Å². The third kappa shape index (κ3) is 3.80. The van der Waals surface area contributed by atoms with Crippen LogP contribution in [0, 0.1) is 6.92 Å². The Morgan fingerprint density at radius 1 is 1.30 bits per heavy atom. The van der Waals surface area contributed by atoms with E-state index in [1.807, 2.05) is 19.1 Å². The summed E-state index contributed by atoms with van der Waals surface area (Å²) in [6.07, 6.45) is 0.401. The average molecular weight is 271 g/mol. The van der Waals surface area contributed by atoms with Gasteiger partial charge in [0.1, 0.15) is 11.6 Å². The van der Waals surface area contributed by atoms with E-state index in [0.717, 1.165) is 11.3 Å². The van der Waals surface area contributed by atoms with Crippen molar-refractivity contribution in [3.63, 3.8) is 0 Å². The number of anilines is 1. The Kier molecular flexibility index (Phi) is 4.32. The quantitative estimate of drug-likeness (QED) is 0.788. The van der Waals surface area contributed by atoms with Gasteiger partial charge in [-0.15, -0.1) is 0 Å². The van der Waals surface area contributed by atoms with Gasteiger partial charge in [-0.1, -0.05) is 18.2 Å². The molecule has 20 heavy (non-hydrogen) atoms. The summed E-state index contributed by atoms with van der Waals surface area (Å²) in [5, 5.41) is 11.9. The summed E-state index contributed by atoms with van der Waals surface area (Å²) in [5.74, 6) is 0.406. The Bertz CT molecular complexity index is 596. The number of hydrogen-bond donors (Lipinski definition) is 3. The maximum Gasteiger partial charge on any atom is 0.242 e. The second kappa shape index (κ2) is 6.16. The van der Waals surface area contributed by atoms with E-state index in [4.69, 9.17) is 5.73 Å². The molecule has 1 amide bonds. The molecule has 5 nitrogen and oxygen atoms in total. The number of nitrogens with one attached hydrogen (secondary N) is 1. The minimum atomic E-state index is -0.665. The van der Waals surface area contributed by atoms with Crippen LogP contribution in [-0.4, -0.2) is 22.0 Å². The van der Waals surface area contributed by atoms with E-state index in [9.17, 15) is 9.90 Å². The Morgan fingerprint density at radius 2 is 2.00 bits per heavy atom. The Morgan fingerprint density at radius 3 is 2.65 bits per heavy atom. The molecule has 1 aromatic heterocycles. The number of phenols is 1. The maximum atomic E-state index is 12.0. The van der Waals surface area contributed by atoms with Gasteiger partial charge in [-0.25, -0.2) is 4.98 Å². The molecule has 0 aliphatic heterocycles. The van der Waals surface area contributed by atoms with Crippen molar-refractivity contribution in [2.24, 2.45) is 5.73 Å². The predicted molar refractivity (Wildman–Crippen MR) is 77.4 cm³/mol. The van der Waals surface area contributed by atoms with Gasteiger partial charge in [0.15, 0.2) is 0 Å². The second-order valence-corrected chi connectivity index (χ2v) is 4.63. The number of carbonyl (C=O) groups excluding carboxylic acids is 1. The lowest BCUT2D eigenvalue weighted by Gasteiger charge is -2.12. The Hall–Kier alpha value is -2.40. The average Bonchev–Trinajstić information content (AvgIpc) is 2.41. The Labute approximate surface area is 117 Å². The van der Waals surface area contributed by atoms with Crippen molar-refractivity contribution >= 4 is 11.7 Å². The fourth-order valence-corrected chi connectivity index (χ4v) is 1.81. The molecule has 2 rings (SSSR count). The molecule has 1 aromatic carbocycles. The van der Waals surface area contributed by atoms with Gasteiger partial charge < -0.3 is 16.2 Å². The maximum absolute atomic E-state index is 12.0. The molecule has 104 valence electrons. The van der Waals surface area contributed by atoms with E-state index in [0.29, 0.717) is 12.2 Å². The van der Waals surface area contributed by atoms with Crippen molar-refractivity contribution in [3.8, 4) is 5.75 Å². The van der Waals surface area contributed by atoms with Crippen molar-refractivity contribution < 1.29 is 9.90 Å². The van der Waals surface area contributed by atoms with Crippen LogP contribution in [0.25, 0.3) is 0 Å². The van der Waals surface area contributed by atoms with Crippen LogP contribution in [0.1, 0.15) is 11.3 Å². The molecule has 0 spiro atoms. The van der Waals surface area contributed by atoms with E-state index >= 15 is 0 Å². The summed E-state index contributed by atoms with van der Waals surface area (Å²) in [6, 6.07) is 11.4. The summed E-state index contributed by atoms with van der Waals surface area (Å²) >= 11 is 0. The molecule has 1 heterocycles. The van der Waals surface area contributed by atoms with Crippen LogP contribution in [0.5, 0.6) is 5.75 Å². The van der Waals surface area contributed by atoms with Crippen LogP contribution in [0.2, 0.25) is 0 Å². The first-order valence-electron chi connectivity index (χ1n) is 6.32. The largest absolute Gasteiger partial charge is 0.508 e. The fourth-order valence-electron chi connectivity index (χ4n) is 1.81. The van der Waals surface area contributed by atoms with Gasteiger partial charge in [-0.2, -0.15) is 0 Å². The molecular weight excluding hydrogens is 254 g/mol. The minimum Gasteiger partial charge on any atom is -0.508 e. The van der Waals surface area contributed by atoms with E-state index in [-0.39, 0.29) is 11.7 Å². The first kappa shape index (κ1) is 14.0. The predicted octanol–water partition coefficient (Wildman–Crippen LogP) is 1.60. The van der Waals surface area contributed by atoms with Gasteiger partial charge in [0.2, 0.25) is 5.91 Å². The molecule has 0 fully saturated rings. The number of aryl methyl sites for hydroxylation is 1. The highest BCUT2D eigenvalue weighted by Crippen LogP contribution is 2.11. The van der Waals surface area contributed by atoms with Crippen LogP contribution >= 0.6 is 0 Å². The van der Waals surface area contributed by atoms with Crippen LogP contribution in [0.3, 0.4) is 0 Å². The third-order valence-electron chi connectivity index (χ3n) is 2.87. The summed E-state index contributed by atoms with van der Waals surface area (Å²) in [4.78, 5) is 16.2. The van der Waals surface area contributed by atoms with Crippen molar-refractivity contribution in [1.29, 1.82) is 0 Å². The molecule has 1 atom stereocenters. The SMILES string of the molecule is Cc1cccc(NC(=O)[C@@H](N)Cc2ccc(O)cc2)n1. The first-order valence-corrected chi connectivity index (χ1v) is 6.32. The fraction of sp³-hybridized carbons (Fsp3) is 0.200. The van der Waals surface area contributed by atoms with E-state index in [1.54, 1.807) is 30.3 Å². The zero-order valence-corrected chi connectivity index (χ0v) is 11.2. The highest BCUT2D eigenvalue weighted by Gasteiger charge is 2.14. The lowest BCUT2D eigenvalue weighted by atomic mass is 10.1. The molecule has 5 heteroatoms. The van der Waals surface area contributed by atoms with Gasteiger partial charge in [0.25, 0.3) is 0 Å². The van der Waals surface area contributed by atoms with Crippen LogP contribution < -0.4 is 11.1 Å². The summed E-state index contributed by atoms with van der Waals surface area (Å²) in [6.45, 7) is 1.85. The molecule has 0 bridgehead atoms. The third-order valence-corrected chi connectivity index (χ3v) is 2.87. The number of nitrogens with zero attached hydrogens (tertiary/aromatic N) is 1. The van der Waals surface area contributed by atoms with Crippen LogP contribution in [0.4, 0.5) is 5.82 Å². The summed E-state index contributed by atoms with van der Waals surface area (Å²) < 4.78 is 0. The van der Waals surface area contributed by atoms with Crippen molar-refractivity contribution in [3.05, 3.63) is 53.7 Å². The van der Waals surface area contributed by atoms with E-state index in [1.165, 1.54) is 0 Å². The number of pyridine rings is 1. The van der Waals surface area contributed by atoms with Crippen LogP contribution in [-0.2, 0) is 11.2 Å². The van der Waals surface area contributed by atoms with Crippen LogP contribution in [0.15, 0.2) is 42.5 Å². The van der Waals surface area contributed by atoms with Gasteiger partial charge in [0, 0.05) is 5.69 Å². The number of nitrogens with two attached hydrogens (primary N) is 1. The number of rotatable bonds is 4. The lowest BCUT2D eigenvalue weighted by Crippen LogP contribution is -2.37. The van der Waals surface area contributed by atoms with Gasteiger partial charge in [-0.3, -0.25) is 4.79 Å². The zero-order valence-electron chi connectivity index (χ0n) is 11.2. The molecule has 0 saturated heterocycles. The topological polar surface area (TPSA) is 88.2 Å². The lowest BCUT2D eigenvalue weighted by molar-refractivity contribution is -0.117. The monoisotopic (exact) mass is 271 g/mol. The normalized spacial score (nSPS) is 11.9. The minimum absolute atomic E-state index is 0.190. The number of aromatic nitrogens is 1. The Balaban J connectivity index is 1.96. The van der Waals surface area contributed by atoms with Gasteiger partial charge >= 0.3 is 0 Å². The highest BCUT2D eigenvalue weighted by atomic mass is 16.3. The number of carbonyl (C=O) groups is 1. The van der Waals surface area contributed by atoms with Crippen molar-refractivity contribution in [1.82, 2.24) is 4.98 Å². The summed E-state index contributed by atoms with van der Waals surface area (Å²) in [5.41, 5.74) is 7.59. The first-order chi connectivity index (χ1) is 9.54. The molecule has 4 N–H and O–H groups in total. The van der Waals surface area contributed by atoms with E-state index in [2.05, 4.69) is 10.3 Å². The highest BCUT2D eigenvalue weighted by molar-refractivity contribution is 5.94. The zero-order chi connectivity index (χ0) is 14.5. The number of aromatic hydroxyl groups is 1. The molecule has 0 aliphatic carbocycles. The molecule has 0 aliphatic rings. The van der Waals surface area contributed by atoms with E-state index < -0.39 is 6.04 Å². The second-order valence-electron chi connectivity index (χ2n) is 4.63. The number of phenolic OH excluding ortho intramolecular Hbond substituents is 1. The number of benzene rings is 1. The number of amides is 1. The van der Waals surface area contributed by atoms with Crippen molar-refractivity contribution in [2.45, 2.75) is 19.4 Å². The van der Waals surface area contributed by atoms with Gasteiger partial charge in [-0.05, 0) is 43.2 Å². The smallest absolute Gasteiger partial charge is 0.242 e. The number of hydrogen-bond acceptors (Lipinski definition) is 4. The van der Waals surface area contributed by atoms with Crippen molar-refractivity contribution in [2.75, 3.05) is 5.32 Å².